The Morgan fingerprint density at radius 2 is 1.86 bits per heavy atom. The van der Waals surface area contributed by atoms with Crippen LogP contribution in [0.3, 0.4) is 0 Å². The van der Waals surface area contributed by atoms with Crippen LogP contribution >= 0.6 is 0 Å². The van der Waals surface area contributed by atoms with Crippen molar-refractivity contribution in [3.05, 3.63) is 83.6 Å². The van der Waals surface area contributed by atoms with Gasteiger partial charge in [-0.3, -0.25) is 9.20 Å². The number of hydrogen-bond donors (Lipinski definition) is 3. The van der Waals surface area contributed by atoms with Crippen LogP contribution in [-0.2, 0) is 5.41 Å². The van der Waals surface area contributed by atoms with Gasteiger partial charge in [0.1, 0.15) is 23.9 Å². The van der Waals surface area contributed by atoms with Gasteiger partial charge < -0.3 is 25.6 Å². The fourth-order valence-electron chi connectivity index (χ4n) is 4.98. The number of fused-ring (bicyclic) bond motifs is 2. The number of anilines is 1. The van der Waals surface area contributed by atoms with E-state index >= 15 is 0 Å². The van der Waals surface area contributed by atoms with Crippen molar-refractivity contribution >= 4 is 23.3 Å². The molecular weight excluding hydrogens is 532 g/mol. The molecule has 0 fully saturated rings. The van der Waals surface area contributed by atoms with E-state index in [1.54, 1.807) is 12.4 Å². The molecule has 1 aromatic carbocycles. The second kappa shape index (κ2) is 12.2. The van der Waals surface area contributed by atoms with Crippen LogP contribution < -0.4 is 20.7 Å². The van der Waals surface area contributed by atoms with Crippen LogP contribution in [-0.4, -0.2) is 63.6 Å². The quantitative estimate of drug-likeness (QED) is 0.285. The number of pyridine rings is 2. The van der Waals surface area contributed by atoms with Crippen molar-refractivity contribution in [3.63, 3.8) is 0 Å². The highest BCUT2D eigenvalue weighted by molar-refractivity contribution is 5.95. The zero-order valence-electron chi connectivity index (χ0n) is 24.7. The van der Waals surface area contributed by atoms with Gasteiger partial charge in [0.2, 0.25) is 0 Å². The normalized spacial score (nSPS) is 16.6. The number of amides is 3. The van der Waals surface area contributed by atoms with Crippen LogP contribution in [0.15, 0.2) is 61.1 Å². The van der Waals surface area contributed by atoms with E-state index in [9.17, 15) is 9.59 Å². The fourth-order valence-corrected chi connectivity index (χ4v) is 4.98. The van der Waals surface area contributed by atoms with Crippen LogP contribution in [0.2, 0.25) is 0 Å². The van der Waals surface area contributed by atoms with E-state index in [1.807, 2.05) is 92.8 Å². The van der Waals surface area contributed by atoms with E-state index in [2.05, 4.69) is 31.1 Å². The number of carbonyl (C=O) groups excluding carboxylic acids is 2. The molecule has 0 radical (unpaired) electrons. The number of benzene rings is 1. The van der Waals surface area contributed by atoms with Gasteiger partial charge in [-0.05, 0) is 62.3 Å². The lowest BCUT2D eigenvalue weighted by Crippen LogP contribution is -2.36. The van der Waals surface area contributed by atoms with Crippen LogP contribution in [0, 0.1) is 0 Å². The number of urea groups is 1. The average Bonchev–Trinajstić information content (AvgIpc) is 3.41. The third-order valence-electron chi connectivity index (χ3n) is 7.21. The number of carbonyl (C=O) groups is 2. The molecule has 1 aliphatic carbocycles. The first-order chi connectivity index (χ1) is 20.1. The molecule has 1 aliphatic rings. The number of ether oxygens (including phenoxy) is 1. The Kier molecular flexibility index (Phi) is 8.39. The van der Waals surface area contributed by atoms with Gasteiger partial charge in [-0.2, -0.15) is 0 Å². The summed E-state index contributed by atoms with van der Waals surface area (Å²) in [7, 11) is 3.89. The maximum atomic E-state index is 13.3. The molecule has 3 N–H and O–H groups in total. The third kappa shape index (κ3) is 6.85. The molecule has 4 aromatic rings. The Morgan fingerprint density at radius 3 is 2.62 bits per heavy atom. The topological polar surface area (TPSA) is 126 Å². The van der Waals surface area contributed by atoms with Crippen molar-refractivity contribution in [3.8, 4) is 5.75 Å². The van der Waals surface area contributed by atoms with Gasteiger partial charge in [-0.1, -0.05) is 45.0 Å². The lowest BCUT2D eigenvalue weighted by atomic mass is 9.85. The minimum Gasteiger partial charge on any atom is -0.484 e. The van der Waals surface area contributed by atoms with Crippen molar-refractivity contribution in [2.45, 2.75) is 51.2 Å². The largest absolute Gasteiger partial charge is 0.484 e. The number of nitrogens with zero attached hydrogens (tertiary/aromatic N) is 5. The van der Waals surface area contributed by atoms with Crippen molar-refractivity contribution in [2.75, 3.05) is 32.5 Å². The van der Waals surface area contributed by atoms with Gasteiger partial charge in [0.25, 0.3) is 5.91 Å². The molecule has 0 saturated heterocycles. The van der Waals surface area contributed by atoms with E-state index in [0.29, 0.717) is 30.9 Å². The summed E-state index contributed by atoms with van der Waals surface area (Å²) in [6, 6.07) is 14.7. The van der Waals surface area contributed by atoms with Gasteiger partial charge >= 0.3 is 6.03 Å². The Hall–Kier alpha value is -4.51. The molecule has 5 rings (SSSR count). The minimum atomic E-state index is -0.350. The molecule has 0 aliphatic heterocycles. The number of aromatic nitrogens is 4. The predicted molar refractivity (Wildman–Crippen MR) is 161 cm³/mol. The number of nitrogens with one attached hydrogen (secondary N) is 3. The molecule has 0 bridgehead atoms. The first-order valence-electron chi connectivity index (χ1n) is 14.1. The van der Waals surface area contributed by atoms with Crippen LogP contribution in [0.25, 0.3) is 5.65 Å². The summed E-state index contributed by atoms with van der Waals surface area (Å²) in [4.78, 5) is 32.7. The predicted octanol–water partition coefficient (Wildman–Crippen LogP) is 4.49. The summed E-state index contributed by atoms with van der Waals surface area (Å²) in [5, 5.41) is 16.9. The summed E-state index contributed by atoms with van der Waals surface area (Å²) in [5.74, 6) is 0.447. The maximum Gasteiger partial charge on any atom is 0.319 e. The molecule has 3 aromatic heterocycles. The van der Waals surface area contributed by atoms with E-state index in [1.165, 1.54) is 0 Å². The summed E-state index contributed by atoms with van der Waals surface area (Å²) in [5.41, 5.74) is 3.98. The molecule has 3 amide bonds. The summed E-state index contributed by atoms with van der Waals surface area (Å²) < 4.78 is 8.20. The first kappa shape index (κ1) is 29.0. The SMILES string of the molecule is CN(C)CCNC(=O)c1cc(NC(=O)NC2CCC(Oc3ccc4nncn4c3)c3ccccc32)cc(C(C)(C)C)n1. The van der Waals surface area contributed by atoms with E-state index in [0.717, 1.165) is 28.9 Å². The average molecular weight is 571 g/mol. The highest BCUT2D eigenvalue weighted by Crippen LogP contribution is 2.38. The highest BCUT2D eigenvalue weighted by atomic mass is 16.5. The molecule has 220 valence electrons. The van der Waals surface area contributed by atoms with Crippen LogP contribution in [0.1, 0.15) is 73.1 Å². The Morgan fingerprint density at radius 1 is 1.07 bits per heavy atom. The van der Waals surface area contributed by atoms with Gasteiger partial charge in [0.05, 0.1) is 12.2 Å². The molecular formula is C31H38N8O3. The number of likely N-dealkylation sites (N-methyl/N-ethyl adjacent to an activating group) is 1. The van der Waals surface area contributed by atoms with Crippen molar-refractivity contribution in [1.29, 1.82) is 0 Å². The van der Waals surface area contributed by atoms with Crippen molar-refractivity contribution < 1.29 is 14.3 Å². The lowest BCUT2D eigenvalue weighted by molar-refractivity contribution is 0.0945. The second-order valence-electron chi connectivity index (χ2n) is 11.9. The van der Waals surface area contributed by atoms with Crippen LogP contribution in [0.5, 0.6) is 5.75 Å². The zero-order valence-corrected chi connectivity index (χ0v) is 24.7. The number of hydrogen-bond acceptors (Lipinski definition) is 7. The first-order valence-corrected chi connectivity index (χ1v) is 14.1. The Balaban J connectivity index is 1.29. The fraction of sp³-hybridized carbons (Fsp3) is 0.387. The maximum absolute atomic E-state index is 13.3. The molecule has 42 heavy (non-hydrogen) atoms. The van der Waals surface area contributed by atoms with Gasteiger partial charge in [0, 0.05) is 29.9 Å². The Labute approximate surface area is 245 Å². The molecule has 0 spiro atoms. The summed E-state index contributed by atoms with van der Waals surface area (Å²) >= 11 is 0. The second-order valence-corrected chi connectivity index (χ2v) is 11.9. The lowest BCUT2D eigenvalue weighted by Gasteiger charge is -2.32. The van der Waals surface area contributed by atoms with Gasteiger partial charge in [0.15, 0.2) is 5.65 Å². The molecule has 2 atom stereocenters. The number of rotatable bonds is 8. The van der Waals surface area contributed by atoms with Crippen molar-refractivity contribution in [1.82, 2.24) is 35.1 Å². The van der Waals surface area contributed by atoms with Gasteiger partial charge in [-0.25, -0.2) is 9.78 Å². The Bertz CT molecular complexity index is 1580. The third-order valence-corrected chi connectivity index (χ3v) is 7.21. The van der Waals surface area contributed by atoms with Gasteiger partial charge in [-0.15, -0.1) is 10.2 Å². The highest BCUT2D eigenvalue weighted by Gasteiger charge is 2.30. The molecule has 0 saturated carbocycles. The van der Waals surface area contributed by atoms with Crippen LogP contribution in [0.4, 0.5) is 10.5 Å². The van der Waals surface area contributed by atoms with E-state index in [-0.39, 0.29) is 35.2 Å². The molecule has 2 unspecified atom stereocenters. The monoisotopic (exact) mass is 570 g/mol. The summed E-state index contributed by atoms with van der Waals surface area (Å²) in [6.07, 6.45) is 4.78. The molecule has 11 nitrogen and oxygen atoms in total. The standard InChI is InChI=1S/C31H38N8O3/c1-31(2,3)27-17-20(16-25(35-27)29(40)32-14-15-38(4)5)34-30(41)36-24-11-12-26(23-9-7-6-8-22(23)24)42-21-10-13-28-37-33-19-39(28)18-21/h6-10,13,16-19,24,26H,11-12,14-15H2,1-5H3,(H,32,40)(H2,34,35,36,41). The zero-order chi connectivity index (χ0) is 29.9. The smallest absolute Gasteiger partial charge is 0.319 e. The molecule has 3 heterocycles. The van der Waals surface area contributed by atoms with E-state index in [4.69, 9.17) is 4.74 Å². The van der Waals surface area contributed by atoms with E-state index < -0.39 is 0 Å². The molecule has 11 heteroatoms. The minimum absolute atomic E-state index is 0.153. The summed E-state index contributed by atoms with van der Waals surface area (Å²) in [6.45, 7) is 7.28. The van der Waals surface area contributed by atoms with Crippen molar-refractivity contribution in [2.24, 2.45) is 0 Å².